The smallest absolute Gasteiger partial charge is 0.189 e. The van der Waals surface area contributed by atoms with Crippen LogP contribution in [0.3, 0.4) is 0 Å². The summed E-state index contributed by atoms with van der Waals surface area (Å²) in [7, 11) is 4.22. The standard InChI is InChI=1S/C17H25N3OS3/c1-6-22-16-18-13-11-10-21-17(2,3)9-12(11)24-14(13)15(19-16)23-8-7-20(4)5/h6-10H2,1-5H3. The highest BCUT2D eigenvalue weighted by Crippen LogP contribution is 2.41. The van der Waals surface area contributed by atoms with E-state index in [0.717, 1.165) is 40.2 Å². The van der Waals surface area contributed by atoms with Crippen molar-refractivity contribution in [3.63, 3.8) is 0 Å². The fourth-order valence-corrected chi connectivity index (χ4v) is 5.94. The molecule has 0 bridgehead atoms. The molecule has 0 unspecified atom stereocenters. The van der Waals surface area contributed by atoms with Crippen molar-refractivity contribution >= 4 is 45.1 Å². The summed E-state index contributed by atoms with van der Waals surface area (Å²) >= 11 is 5.43. The van der Waals surface area contributed by atoms with Gasteiger partial charge in [-0.25, -0.2) is 9.97 Å². The Kier molecular flexibility index (Phi) is 5.76. The molecular formula is C17H25N3OS3. The highest BCUT2D eigenvalue weighted by molar-refractivity contribution is 8.00. The van der Waals surface area contributed by atoms with Crippen molar-refractivity contribution in [2.45, 2.75) is 49.6 Å². The first-order valence-electron chi connectivity index (χ1n) is 8.26. The molecule has 0 fully saturated rings. The van der Waals surface area contributed by atoms with Gasteiger partial charge < -0.3 is 9.64 Å². The van der Waals surface area contributed by atoms with Gasteiger partial charge in [0.1, 0.15) is 5.03 Å². The fourth-order valence-electron chi connectivity index (χ4n) is 2.64. The zero-order valence-electron chi connectivity index (χ0n) is 15.0. The van der Waals surface area contributed by atoms with Crippen molar-refractivity contribution in [1.82, 2.24) is 14.9 Å². The molecule has 0 aromatic carbocycles. The van der Waals surface area contributed by atoms with Crippen LogP contribution in [0.1, 0.15) is 31.2 Å². The maximum Gasteiger partial charge on any atom is 0.189 e. The van der Waals surface area contributed by atoms with Crippen LogP contribution in [0.25, 0.3) is 10.2 Å². The van der Waals surface area contributed by atoms with Crippen molar-refractivity contribution < 1.29 is 4.74 Å². The third-order valence-electron chi connectivity index (χ3n) is 3.91. The van der Waals surface area contributed by atoms with Gasteiger partial charge in [-0.2, -0.15) is 0 Å². The van der Waals surface area contributed by atoms with Crippen molar-refractivity contribution in [2.24, 2.45) is 0 Å². The van der Waals surface area contributed by atoms with E-state index >= 15 is 0 Å². The molecule has 0 atom stereocenters. The van der Waals surface area contributed by atoms with E-state index in [-0.39, 0.29) is 5.60 Å². The normalized spacial score (nSPS) is 16.8. The van der Waals surface area contributed by atoms with E-state index in [9.17, 15) is 0 Å². The van der Waals surface area contributed by atoms with E-state index in [1.165, 1.54) is 15.1 Å². The van der Waals surface area contributed by atoms with Crippen molar-refractivity contribution in [3.8, 4) is 0 Å². The number of thioether (sulfide) groups is 2. The molecule has 0 aliphatic carbocycles. The first kappa shape index (κ1) is 18.5. The molecular weight excluding hydrogens is 358 g/mol. The molecule has 132 valence electrons. The van der Waals surface area contributed by atoms with Gasteiger partial charge in [0, 0.05) is 29.2 Å². The summed E-state index contributed by atoms with van der Waals surface area (Å²) in [6, 6.07) is 0. The molecule has 1 aliphatic rings. The summed E-state index contributed by atoms with van der Waals surface area (Å²) < 4.78 is 7.28. The minimum atomic E-state index is -0.0828. The van der Waals surface area contributed by atoms with Crippen LogP contribution in [0.4, 0.5) is 0 Å². The second kappa shape index (κ2) is 7.50. The molecule has 0 radical (unpaired) electrons. The average Bonchev–Trinajstić information content (AvgIpc) is 2.83. The SMILES string of the molecule is CCSc1nc(SCCN(C)C)c2sc3c(c2n1)COC(C)(C)C3. The molecule has 3 heterocycles. The molecule has 0 N–H and O–H groups in total. The Bertz CT molecular complexity index is 727. The summed E-state index contributed by atoms with van der Waals surface area (Å²) in [6.07, 6.45) is 0.960. The van der Waals surface area contributed by atoms with Crippen molar-refractivity contribution in [1.29, 1.82) is 0 Å². The Hall–Kier alpha value is -0.340. The molecule has 24 heavy (non-hydrogen) atoms. The summed E-state index contributed by atoms with van der Waals surface area (Å²) in [5.74, 6) is 2.03. The molecule has 0 saturated carbocycles. The molecule has 0 amide bonds. The van der Waals surface area contributed by atoms with Crippen LogP contribution in [0.15, 0.2) is 10.2 Å². The summed E-state index contributed by atoms with van der Waals surface area (Å²) in [5.41, 5.74) is 2.31. The second-order valence-electron chi connectivity index (χ2n) is 6.80. The molecule has 7 heteroatoms. The van der Waals surface area contributed by atoms with Crippen LogP contribution >= 0.6 is 34.9 Å². The predicted molar refractivity (Wildman–Crippen MR) is 106 cm³/mol. The second-order valence-corrected chi connectivity index (χ2v) is 10.2. The lowest BCUT2D eigenvalue weighted by Crippen LogP contribution is -2.30. The first-order chi connectivity index (χ1) is 11.4. The topological polar surface area (TPSA) is 38.2 Å². The zero-order chi connectivity index (χ0) is 17.3. The Morgan fingerprint density at radius 2 is 2.04 bits per heavy atom. The van der Waals surface area contributed by atoms with E-state index < -0.39 is 0 Å². The first-order valence-corrected chi connectivity index (χ1v) is 11.0. The minimum absolute atomic E-state index is 0.0828. The van der Waals surface area contributed by atoms with Crippen molar-refractivity contribution in [2.75, 3.05) is 32.1 Å². The number of rotatable bonds is 6. The lowest BCUT2D eigenvalue weighted by molar-refractivity contribution is -0.0383. The third-order valence-corrected chi connectivity index (χ3v) is 6.95. The van der Waals surface area contributed by atoms with E-state index in [0.29, 0.717) is 6.61 Å². The monoisotopic (exact) mass is 383 g/mol. The van der Waals surface area contributed by atoms with Gasteiger partial charge in [0.05, 0.1) is 22.4 Å². The van der Waals surface area contributed by atoms with E-state index in [1.54, 1.807) is 11.8 Å². The number of ether oxygens (including phenoxy) is 1. The quantitative estimate of drug-likeness (QED) is 0.420. The van der Waals surface area contributed by atoms with Crippen LogP contribution in [0, 0.1) is 0 Å². The predicted octanol–water partition coefficient (Wildman–Crippen LogP) is 4.31. The van der Waals surface area contributed by atoms with E-state index in [2.05, 4.69) is 39.8 Å². The molecule has 4 nitrogen and oxygen atoms in total. The Morgan fingerprint density at radius 3 is 2.75 bits per heavy atom. The third kappa shape index (κ3) is 4.07. The van der Waals surface area contributed by atoms with Crippen LogP contribution in [-0.2, 0) is 17.8 Å². The maximum absolute atomic E-state index is 6.04. The van der Waals surface area contributed by atoms with Gasteiger partial charge in [-0.1, -0.05) is 18.7 Å². The highest BCUT2D eigenvalue weighted by atomic mass is 32.2. The summed E-state index contributed by atoms with van der Waals surface area (Å²) in [6.45, 7) is 8.19. The van der Waals surface area contributed by atoms with Gasteiger partial charge in [0.2, 0.25) is 0 Å². The molecule has 2 aromatic rings. The van der Waals surface area contributed by atoms with Gasteiger partial charge in [-0.3, -0.25) is 0 Å². The largest absolute Gasteiger partial charge is 0.370 e. The number of aromatic nitrogens is 2. The zero-order valence-corrected chi connectivity index (χ0v) is 17.5. The highest BCUT2D eigenvalue weighted by Gasteiger charge is 2.30. The molecule has 2 aromatic heterocycles. The van der Waals surface area contributed by atoms with Gasteiger partial charge >= 0.3 is 0 Å². The number of fused-ring (bicyclic) bond motifs is 3. The minimum Gasteiger partial charge on any atom is -0.370 e. The van der Waals surface area contributed by atoms with Crippen LogP contribution < -0.4 is 0 Å². The average molecular weight is 384 g/mol. The van der Waals surface area contributed by atoms with Crippen LogP contribution in [-0.4, -0.2) is 52.6 Å². The lowest BCUT2D eigenvalue weighted by Gasteiger charge is -2.29. The molecule has 1 aliphatic heterocycles. The van der Waals surface area contributed by atoms with Crippen LogP contribution in [0.5, 0.6) is 0 Å². The van der Waals surface area contributed by atoms with Gasteiger partial charge in [0.25, 0.3) is 0 Å². The number of nitrogens with zero attached hydrogens (tertiary/aromatic N) is 3. The Balaban J connectivity index is 2.00. The van der Waals surface area contributed by atoms with Crippen molar-refractivity contribution in [3.05, 3.63) is 10.4 Å². The molecule has 0 saturated heterocycles. The lowest BCUT2D eigenvalue weighted by atomic mass is 9.98. The summed E-state index contributed by atoms with van der Waals surface area (Å²) in [5, 5.41) is 2.03. The fraction of sp³-hybridized carbons (Fsp3) is 0.647. The number of hydrogen-bond donors (Lipinski definition) is 0. The summed E-state index contributed by atoms with van der Waals surface area (Å²) in [4.78, 5) is 13.3. The Labute approximate surface area is 156 Å². The number of thiophene rings is 1. The van der Waals surface area contributed by atoms with Crippen LogP contribution in [0.2, 0.25) is 0 Å². The van der Waals surface area contributed by atoms with E-state index in [1.807, 2.05) is 23.1 Å². The van der Waals surface area contributed by atoms with E-state index in [4.69, 9.17) is 14.7 Å². The van der Waals surface area contributed by atoms with Gasteiger partial charge in [-0.15, -0.1) is 23.1 Å². The van der Waals surface area contributed by atoms with Gasteiger partial charge in [-0.05, 0) is 33.7 Å². The molecule has 0 spiro atoms. The Morgan fingerprint density at radius 1 is 1.25 bits per heavy atom. The number of hydrogen-bond acceptors (Lipinski definition) is 7. The molecule has 3 rings (SSSR count). The van der Waals surface area contributed by atoms with Gasteiger partial charge in [0.15, 0.2) is 5.16 Å². The maximum atomic E-state index is 6.04.